The fraction of sp³-hybridized carbons (Fsp3) is 0.222. The van der Waals surface area contributed by atoms with Crippen LogP contribution in [0.25, 0.3) is 0 Å². The van der Waals surface area contributed by atoms with E-state index in [-0.39, 0.29) is 0 Å². The zero-order chi connectivity index (χ0) is 16.9. The van der Waals surface area contributed by atoms with Gasteiger partial charge in [0.15, 0.2) is 0 Å². The quantitative estimate of drug-likeness (QED) is 0.643. The second-order valence-corrected chi connectivity index (χ2v) is 6.42. The largest absolute Gasteiger partial charge is 0.424 e. The molecule has 2 aromatic carbocycles. The minimum atomic E-state index is 0.546. The number of hydrogen-bond donors (Lipinski definition) is 0. The molecule has 0 amide bonds. The van der Waals surface area contributed by atoms with E-state index < -0.39 is 0 Å². The number of hydrogen-bond acceptors (Lipinski definition) is 4. The molecule has 0 spiro atoms. The molecule has 124 valence electrons. The molecular formula is C18H17Cl2N3O. The third-order valence-electron chi connectivity index (χ3n) is 3.58. The Morgan fingerprint density at radius 2 is 1.67 bits per heavy atom. The van der Waals surface area contributed by atoms with E-state index in [1.54, 1.807) is 6.07 Å². The molecule has 0 aliphatic rings. The van der Waals surface area contributed by atoms with Crippen LogP contribution in [0.3, 0.4) is 0 Å². The maximum atomic E-state index is 6.22. The van der Waals surface area contributed by atoms with Gasteiger partial charge in [-0.2, -0.15) is 0 Å². The Balaban J connectivity index is 1.61. The molecule has 4 nitrogen and oxygen atoms in total. The van der Waals surface area contributed by atoms with Crippen molar-refractivity contribution in [3.63, 3.8) is 0 Å². The van der Waals surface area contributed by atoms with Gasteiger partial charge in [0.2, 0.25) is 11.8 Å². The molecular weight excluding hydrogens is 345 g/mol. The Kier molecular flexibility index (Phi) is 5.51. The van der Waals surface area contributed by atoms with Crippen molar-refractivity contribution in [1.82, 2.24) is 15.1 Å². The van der Waals surface area contributed by atoms with Crippen molar-refractivity contribution in [2.24, 2.45) is 0 Å². The van der Waals surface area contributed by atoms with Gasteiger partial charge >= 0.3 is 0 Å². The predicted octanol–water partition coefficient (Wildman–Crippen LogP) is 4.60. The van der Waals surface area contributed by atoms with Crippen LogP contribution in [-0.2, 0) is 19.5 Å². The summed E-state index contributed by atoms with van der Waals surface area (Å²) in [5, 5.41) is 9.37. The summed E-state index contributed by atoms with van der Waals surface area (Å²) in [6.45, 7) is 1.19. The van der Waals surface area contributed by atoms with Crippen molar-refractivity contribution in [3.05, 3.63) is 81.5 Å². The summed E-state index contributed by atoms with van der Waals surface area (Å²) >= 11 is 12.3. The Morgan fingerprint density at radius 3 is 2.46 bits per heavy atom. The first-order valence-electron chi connectivity index (χ1n) is 7.58. The smallest absolute Gasteiger partial charge is 0.230 e. The third-order valence-corrected chi connectivity index (χ3v) is 4.44. The highest BCUT2D eigenvalue weighted by Crippen LogP contribution is 2.26. The van der Waals surface area contributed by atoms with Crippen LogP contribution in [0.5, 0.6) is 0 Å². The van der Waals surface area contributed by atoms with Crippen LogP contribution in [0, 0.1) is 0 Å². The van der Waals surface area contributed by atoms with Gasteiger partial charge in [-0.25, -0.2) is 0 Å². The van der Waals surface area contributed by atoms with Crippen molar-refractivity contribution >= 4 is 23.2 Å². The van der Waals surface area contributed by atoms with E-state index in [1.165, 1.54) is 0 Å². The van der Waals surface area contributed by atoms with Gasteiger partial charge in [-0.3, -0.25) is 4.90 Å². The molecule has 0 bridgehead atoms. The van der Waals surface area contributed by atoms with Gasteiger partial charge in [-0.15, -0.1) is 10.2 Å². The molecule has 1 aromatic heterocycles. The molecule has 0 N–H and O–H groups in total. The lowest BCUT2D eigenvalue weighted by molar-refractivity contribution is 0.278. The SMILES string of the molecule is CN(Cc1nnc(Cc2ccccc2)o1)Cc1cccc(Cl)c1Cl. The van der Waals surface area contributed by atoms with E-state index in [4.69, 9.17) is 27.6 Å². The van der Waals surface area contributed by atoms with Crippen LogP contribution in [0.2, 0.25) is 10.0 Å². The van der Waals surface area contributed by atoms with Gasteiger partial charge in [-0.05, 0) is 24.2 Å². The molecule has 0 saturated heterocycles. The van der Waals surface area contributed by atoms with Crippen LogP contribution in [0.4, 0.5) is 0 Å². The number of benzene rings is 2. The molecule has 3 aromatic rings. The molecule has 0 atom stereocenters. The first-order valence-corrected chi connectivity index (χ1v) is 8.34. The third kappa shape index (κ3) is 4.35. The fourth-order valence-corrected chi connectivity index (χ4v) is 2.82. The second kappa shape index (κ2) is 7.79. The van der Waals surface area contributed by atoms with Crippen LogP contribution in [-0.4, -0.2) is 22.1 Å². The predicted molar refractivity (Wildman–Crippen MR) is 95.2 cm³/mol. The van der Waals surface area contributed by atoms with Crippen LogP contribution < -0.4 is 0 Å². The van der Waals surface area contributed by atoms with Crippen molar-refractivity contribution < 1.29 is 4.42 Å². The van der Waals surface area contributed by atoms with Gasteiger partial charge in [0.1, 0.15) is 0 Å². The molecule has 1 heterocycles. The summed E-state index contributed by atoms with van der Waals surface area (Å²) in [6.07, 6.45) is 0.637. The fourth-order valence-electron chi connectivity index (χ4n) is 2.44. The first-order chi connectivity index (χ1) is 11.6. The highest BCUT2D eigenvalue weighted by Gasteiger charge is 2.12. The normalized spacial score (nSPS) is 11.2. The Hall–Kier alpha value is -1.88. The minimum Gasteiger partial charge on any atom is -0.424 e. The van der Waals surface area contributed by atoms with Crippen LogP contribution in [0.15, 0.2) is 52.9 Å². The van der Waals surface area contributed by atoms with E-state index in [0.717, 1.165) is 11.1 Å². The second-order valence-electron chi connectivity index (χ2n) is 5.64. The number of rotatable bonds is 6. The lowest BCUT2D eigenvalue weighted by Gasteiger charge is -2.15. The molecule has 0 aliphatic heterocycles. The van der Waals surface area contributed by atoms with Gasteiger partial charge in [0.05, 0.1) is 23.0 Å². The zero-order valence-corrected chi connectivity index (χ0v) is 14.8. The highest BCUT2D eigenvalue weighted by atomic mass is 35.5. The van der Waals surface area contributed by atoms with E-state index in [1.807, 2.05) is 49.5 Å². The molecule has 0 unspecified atom stereocenters. The molecule has 0 saturated carbocycles. The molecule has 6 heteroatoms. The number of halogens is 2. The molecule has 3 rings (SSSR count). The summed E-state index contributed by atoms with van der Waals surface area (Å²) in [4.78, 5) is 2.05. The summed E-state index contributed by atoms with van der Waals surface area (Å²) in [7, 11) is 1.97. The Morgan fingerprint density at radius 1 is 0.917 bits per heavy atom. The van der Waals surface area contributed by atoms with Gasteiger partial charge in [0, 0.05) is 6.54 Å². The number of nitrogens with zero attached hydrogens (tertiary/aromatic N) is 3. The lowest BCUT2D eigenvalue weighted by Crippen LogP contribution is -2.17. The Labute approximate surface area is 151 Å². The van der Waals surface area contributed by atoms with E-state index in [9.17, 15) is 0 Å². The van der Waals surface area contributed by atoms with Crippen molar-refractivity contribution in [2.45, 2.75) is 19.5 Å². The standard InChI is InChI=1S/C18H17Cl2N3O/c1-23(11-14-8-5-9-15(19)18(14)20)12-17-22-21-16(24-17)10-13-6-3-2-4-7-13/h2-9H,10-12H2,1H3. The van der Waals surface area contributed by atoms with Crippen molar-refractivity contribution in [2.75, 3.05) is 7.05 Å². The van der Waals surface area contributed by atoms with Gasteiger partial charge < -0.3 is 4.42 Å². The van der Waals surface area contributed by atoms with Gasteiger partial charge in [-0.1, -0.05) is 65.7 Å². The topological polar surface area (TPSA) is 42.2 Å². The average Bonchev–Trinajstić information content (AvgIpc) is 2.99. The van der Waals surface area contributed by atoms with E-state index in [0.29, 0.717) is 41.3 Å². The highest BCUT2D eigenvalue weighted by molar-refractivity contribution is 6.42. The van der Waals surface area contributed by atoms with E-state index in [2.05, 4.69) is 15.1 Å². The molecule has 0 fully saturated rings. The molecule has 0 aliphatic carbocycles. The van der Waals surface area contributed by atoms with Crippen molar-refractivity contribution in [1.29, 1.82) is 0 Å². The summed E-state index contributed by atoms with van der Waals surface area (Å²) in [5.74, 6) is 1.20. The van der Waals surface area contributed by atoms with Crippen molar-refractivity contribution in [3.8, 4) is 0 Å². The van der Waals surface area contributed by atoms with Crippen LogP contribution >= 0.6 is 23.2 Å². The van der Waals surface area contributed by atoms with E-state index >= 15 is 0 Å². The Bertz CT molecular complexity index is 805. The molecule has 0 radical (unpaired) electrons. The summed E-state index contributed by atoms with van der Waals surface area (Å²) in [6, 6.07) is 15.7. The maximum Gasteiger partial charge on any atom is 0.230 e. The van der Waals surface area contributed by atoms with Crippen LogP contribution in [0.1, 0.15) is 22.9 Å². The maximum absolute atomic E-state index is 6.22. The summed E-state index contributed by atoms with van der Waals surface area (Å²) < 4.78 is 5.73. The summed E-state index contributed by atoms with van der Waals surface area (Å²) in [5.41, 5.74) is 2.11. The monoisotopic (exact) mass is 361 g/mol. The minimum absolute atomic E-state index is 0.546. The number of aromatic nitrogens is 2. The first kappa shape index (κ1) is 17.0. The lowest BCUT2D eigenvalue weighted by atomic mass is 10.2. The molecule has 24 heavy (non-hydrogen) atoms. The van der Waals surface area contributed by atoms with Gasteiger partial charge in [0.25, 0.3) is 0 Å². The average molecular weight is 362 g/mol. The zero-order valence-electron chi connectivity index (χ0n) is 13.2.